The summed E-state index contributed by atoms with van der Waals surface area (Å²) in [4.78, 5) is 58.7. The Bertz CT molecular complexity index is 802. The highest BCUT2D eigenvalue weighted by Crippen LogP contribution is 2.31. The van der Waals surface area contributed by atoms with Gasteiger partial charge in [-0.2, -0.15) is 0 Å². The van der Waals surface area contributed by atoms with Crippen LogP contribution in [0.4, 0.5) is 0 Å². The van der Waals surface area contributed by atoms with Gasteiger partial charge in [0.15, 0.2) is 0 Å². The van der Waals surface area contributed by atoms with Crippen LogP contribution in [0.2, 0.25) is 0 Å². The average Bonchev–Trinajstić information content (AvgIpc) is 3.40. The van der Waals surface area contributed by atoms with Gasteiger partial charge in [-0.1, -0.05) is 0 Å². The highest BCUT2D eigenvalue weighted by molar-refractivity contribution is 5.93. The van der Waals surface area contributed by atoms with E-state index in [1.165, 1.54) is 0 Å². The molecule has 0 aliphatic carbocycles. The summed E-state index contributed by atoms with van der Waals surface area (Å²) in [5.74, 6) is 0.511. The molecule has 4 amide bonds. The third-order valence-electron chi connectivity index (χ3n) is 8.57. The summed E-state index contributed by atoms with van der Waals surface area (Å²) in [6.45, 7) is 9.37. The Balaban J connectivity index is 1.26. The molecule has 9 heteroatoms. The van der Waals surface area contributed by atoms with Gasteiger partial charge in [0.05, 0.1) is 6.54 Å². The van der Waals surface area contributed by atoms with Crippen LogP contribution in [-0.4, -0.2) is 107 Å². The molecule has 4 rings (SSSR count). The first-order chi connectivity index (χ1) is 16.8. The van der Waals surface area contributed by atoms with Crippen molar-refractivity contribution in [1.82, 2.24) is 24.9 Å². The zero-order valence-electron chi connectivity index (χ0n) is 21.6. The van der Waals surface area contributed by atoms with Crippen molar-refractivity contribution in [2.24, 2.45) is 5.92 Å². The number of carbonyl (C=O) groups is 4. The summed E-state index contributed by atoms with van der Waals surface area (Å²) in [5, 5.41) is 2.81. The molecule has 0 unspecified atom stereocenters. The molecule has 4 aliphatic rings. The van der Waals surface area contributed by atoms with E-state index in [1.54, 1.807) is 18.7 Å². The number of rotatable bonds is 6. The maximum absolute atomic E-state index is 13.2. The number of hydrogen-bond donors (Lipinski definition) is 1. The fourth-order valence-corrected chi connectivity index (χ4v) is 6.34. The molecule has 4 saturated heterocycles. The zero-order valence-corrected chi connectivity index (χ0v) is 21.6. The maximum Gasteiger partial charge on any atom is 0.245 e. The lowest BCUT2D eigenvalue weighted by atomic mass is 9.83. The molecule has 0 radical (unpaired) electrons. The SMILES string of the molecule is CC1(C)C(=O)NCCN1C(=O)CCC(=O)N1CCCC[C@@H]1C1CCN(CC(=O)N2CCCC2)CC1. The third kappa shape index (κ3) is 5.98. The van der Waals surface area contributed by atoms with E-state index in [2.05, 4.69) is 10.2 Å². The van der Waals surface area contributed by atoms with Crippen LogP contribution in [0.25, 0.3) is 0 Å². The first-order valence-electron chi connectivity index (χ1n) is 13.7. The molecule has 196 valence electrons. The number of nitrogens with one attached hydrogen (secondary N) is 1. The molecular formula is C26H43N5O4. The van der Waals surface area contributed by atoms with Gasteiger partial charge in [0, 0.05) is 51.6 Å². The molecule has 4 fully saturated rings. The number of hydrogen-bond acceptors (Lipinski definition) is 5. The first-order valence-corrected chi connectivity index (χ1v) is 13.7. The lowest BCUT2D eigenvalue weighted by molar-refractivity contribution is -0.150. The predicted octanol–water partition coefficient (Wildman–Crippen LogP) is 1.22. The Morgan fingerprint density at radius 1 is 0.829 bits per heavy atom. The Hall–Kier alpha value is -2.16. The molecule has 4 heterocycles. The fourth-order valence-electron chi connectivity index (χ4n) is 6.34. The molecule has 35 heavy (non-hydrogen) atoms. The van der Waals surface area contributed by atoms with E-state index in [-0.39, 0.29) is 42.5 Å². The molecule has 0 aromatic heterocycles. The van der Waals surface area contributed by atoms with Crippen LogP contribution in [-0.2, 0) is 19.2 Å². The number of piperidine rings is 2. The minimum absolute atomic E-state index is 0.0638. The van der Waals surface area contributed by atoms with Gasteiger partial charge in [-0.05, 0) is 77.8 Å². The van der Waals surface area contributed by atoms with Crippen LogP contribution in [0.15, 0.2) is 0 Å². The molecule has 0 saturated carbocycles. The van der Waals surface area contributed by atoms with Crippen molar-refractivity contribution in [2.75, 3.05) is 52.4 Å². The van der Waals surface area contributed by atoms with Crippen LogP contribution in [0.1, 0.15) is 71.6 Å². The molecule has 4 aliphatic heterocycles. The quantitative estimate of drug-likeness (QED) is 0.606. The van der Waals surface area contributed by atoms with Crippen LogP contribution in [0.5, 0.6) is 0 Å². The molecule has 1 atom stereocenters. The average molecular weight is 490 g/mol. The summed E-state index contributed by atoms with van der Waals surface area (Å²) in [7, 11) is 0. The van der Waals surface area contributed by atoms with Gasteiger partial charge in [0.1, 0.15) is 5.54 Å². The van der Waals surface area contributed by atoms with Crippen LogP contribution in [0, 0.1) is 5.92 Å². The summed E-state index contributed by atoms with van der Waals surface area (Å²) < 4.78 is 0. The van der Waals surface area contributed by atoms with E-state index >= 15 is 0 Å². The highest BCUT2D eigenvalue weighted by Gasteiger charge is 2.41. The second-order valence-electron chi connectivity index (χ2n) is 11.2. The van der Waals surface area contributed by atoms with Gasteiger partial charge in [-0.15, -0.1) is 0 Å². The number of piperazine rings is 1. The van der Waals surface area contributed by atoms with Crippen molar-refractivity contribution in [3.05, 3.63) is 0 Å². The number of likely N-dealkylation sites (tertiary alicyclic amines) is 3. The molecule has 9 nitrogen and oxygen atoms in total. The first kappa shape index (κ1) is 25.9. The number of amides is 4. The largest absolute Gasteiger partial charge is 0.352 e. The van der Waals surface area contributed by atoms with Gasteiger partial charge in [-0.3, -0.25) is 24.1 Å². The number of nitrogens with zero attached hydrogens (tertiary/aromatic N) is 4. The standard InChI is InChI=1S/C26H43N5O4/c1-26(2)25(35)27-12-18-31(26)23(33)9-8-22(32)30-15-4-3-7-21(30)20-10-16-28(17-11-20)19-24(34)29-13-5-6-14-29/h20-21H,3-19H2,1-2H3,(H,27,35)/t21-/m1/s1. The topological polar surface area (TPSA) is 93.3 Å². The summed E-state index contributed by atoms with van der Waals surface area (Å²) in [6, 6.07) is 0.236. The van der Waals surface area contributed by atoms with Crippen LogP contribution < -0.4 is 5.32 Å². The molecular weight excluding hydrogens is 446 g/mol. The van der Waals surface area contributed by atoms with Gasteiger partial charge in [0.25, 0.3) is 0 Å². The Morgan fingerprint density at radius 3 is 2.20 bits per heavy atom. The Kier molecular flexibility index (Phi) is 8.34. The van der Waals surface area contributed by atoms with Gasteiger partial charge in [0.2, 0.25) is 23.6 Å². The van der Waals surface area contributed by atoms with Crippen molar-refractivity contribution in [1.29, 1.82) is 0 Å². The van der Waals surface area contributed by atoms with Crippen molar-refractivity contribution >= 4 is 23.6 Å². The van der Waals surface area contributed by atoms with Crippen molar-refractivity contribution in [2.45, 2.75) is 83.2 Å². The fraction of sp³-hybridized carbons (Fsp3) is 0.846. The predicted molar refractivity (Wildman–Crippen MR) is 132 cm³/mol. The van der Waals surface area contributed by atoms with Gasteiger partial charge in [-0.25, -0.2) is 0 Å². The van der Waals surface area contributed by atoms with Crippen molar-refractivity contribution < 1.29 is 19.2 Å². The minimum Gasteiger partial charge on any atom is -0.352 e. The van der Waals surface area contributed by atoms with E-state index in [4.69, 9.17) is 0 Å². The van der Waals surface area contributed by atoms with Crippen LogP contribution in [0.3, 0.4) is 0 Å². The van der Waals surface area contributed by atoms with E-state index < -0.39 is 5.54 Å². The molecule has 0 aromatic carbocycles. The molecule has 0 spiro atoms. The summed E-state index contributed by atoms with van der Waals surface area (Å²) >= 11 is 0. The lowest BCUT2D eigenvalue weighted by Gasteiger charge is -2.44. The zero-order chi connectivity index (χ0) is 25.0. The van der Waals surface area contributed by atoms with E-state index in [0.717, 1.165) is 77.7 Å². The summed E-state index contributed by atoms with van der Waals surface area (Å²) in [5.41, 5.74) is -0.879. The molecule has 0 aromatic rings. The van der Waals surface area contributed by atoms with E-state index in [1.807, 2.05) is 9.80 Å². The van der Waals surface area contributed by atoms with Crippen molar-refractivity contribution in [3.63, 3.8) is 0 Å². The smallest absolute Gasteiger partial charge is 0.245 e. The number of carbonyl (C=O) groups excluding carboxylic acids is 4. The summed E-state index contributed by atoms with van der Waals surface area (Å²) in [6.07, 6.45) is 7.79. The lowest BCUT2D eigenvalue weighted by Crippen LogP contribution is -2.63. The van der Waals surface area contributed by atoms with Gasteiger partial charge < -0.3 is 20.0 Å². The highest BCUT2D eigenvalue weighted by atomic mass is 16.2. The maximum atomic E-state index is 13.2. The second kappa shape index (κ2) is 11.3. The monoisotopic (exact) mass is 489 g/mol. The van der Waals surface area contributed by atoms with Crippen LogP contribution >= 0.6 is 0 Å². The molecule has 0 bridgehead atoms. The Morgan fingerprint density at radius 2 is 1.49 bits per heavy atom. The normalized spacial score (nSPS) is 26.1. The minimum atomic E-state index is -0.879. The molecule has 1 N–H and O–H groups in total. The second-order valence-corrected chi connectivity index (χ2v) is 11.2. The third-order valence-corrected chi connectivity index (χ3v) is 8.57. The Labute approximate surface area is 209 Å². The van der Waals surface area contributed by atoms with Crippen molar-refractivity contribution in [3.8, 4) is 0 Å². The van der Waals surface area contributed by atoms with E-state index in [9.17, 15) is 19.2 Å². The van der Waals surface area contributed by atoms with E-state index in [0.29, 0.717) is 25.6 Å². The van der Waals surface area contributed by atoms with Gasteiger partial charge >= 0.3 is 0 Å².